The van der Waals surface area contributed by atoms with E-state index in [4.69, 9.17) is 26.3 Å². The van der Waals surface area contributed by atoms with Crippen molar-refractivity contribution in [3.8, 4) is 17.6 Å². The minimum Gasteiger partial charge on any atom is -0.486 e. The number of nitriles is 1. The van der Waals surface area contributed by atoms with Crippen LogP contribution in [0.25, 0.3) is 0 Å². The molecule has 1 aromatic carbocycles. The summed E-state index contributed by atoms with van der Waals surface area (Å²) in [7, 11) is 0. The largest absolute Gasteiger partial charge is 0.486 e. The molecule has 1 aromatic rings. The van der Waals surface area contributed by atoms with Crippen LogP contribution in [0.4, 0.5) is 0 Å². The minimum absolute atomic E-state index is 0.170. The third-order valence-corrected chi connectivity index (χ3v) is 2.81. The molecule has 1 aliphatic heterocycles. The fourth-order valence-electron chi connectivity index (χ4n) is 1.84. The molecule has 84 valence electrons. The zero-order valence-corrected chi connectivity index (χ0v) is 9.97. The van der Waals surface area contributed by atoms with Gasteiger partial charge in [-0.15, -0.1) is 0 Å². The molecule has 3 nitrogen and oxygen atoms in total. The normalized spacial score (nSPS) is 13.7. The highest BCUT2D eigenvalue weighted by Crippen LogP contribution is 2.43. The Bertz CT molecular complexity index is 463. The molecule has 0 aliphatic carbocycles. The molecule has 0 unspecified atom stereocenters. The fraction of sp³-hybridized carbons (Fsp3) is 0.417. The van der Waals surface area contributed by atoms with Crippen LogP contribution in [0.3, 0.4) is 0 Å². The summed E-state index contributed by atoms with van der Waals surface area (Å²) in [4.78, 5) is 0. The molecule has 0 saturated carbocycles. The van der Waals surface area contributed by atoms with E-state index in [1.54, 1.807) is 6.07 Å². The topological polar surface area (TPSA) is 42.2 Å². The van der Waals surface area contributed by atoms with Gasteiger partial charge in [0, 0.05) is 11.6 Å². The first-order valence-electron chi connectivity index (χ1n) is 5.17. The molecule has 16 heavy (non-hydrogen) atoms. The monoisotopic (exact) mass is 237 g/mol. The van der Waals surface area contributed by atoms with Gasteiger partial charge in [0.2, 0.25) is 0 Å². The van der Waals surface area contributed by atoms with E-state index in [1.165, 1.54) is 0 Å². The molecule has 2 rings (SSSR count). The van der Waals surface area contributed by atoms with Gasteiger partial charge in [0.25, 0.3) is 0 Å². The molecule has 1 aliphatic rings. The second kappa shape index (κ2) is 4.23. The molecule has 0 amide bonds. The predicted molar refractivity (Wildman–Crippen MR) is 61.2 cm³/mol. The van der Waals surface area contributed by atoms with E-state index in [0.717, 1.165) is 5.56 Å². The first-order chi connectivity index (χ1) is 7.65. The van der Waals surface area contributed by atoms with Crippen LogP contribution in [0, 0.1) is 11.3 Å². The van der Waals surface area contributed by atoms with Gasteiger partial charge >= 0.3 is 0 Å². The van der Waals surface area contributed by atoms with Crippen molar-refractivity contribution in [2.45, 2.75) is 19.8 Å². The highest BCUT2D eigenvalue weighted by molar-refractivity contribution is 6.32. The smallest absolute Gasteiger partial charge is 0.166 e. The van der Waals surface area contributed by atoms with Gasteiger partial charge in [0.05, 0.1) is 10.6 Å². The summed E-state index contributed by atoms with van der Waals surface area (Å²) in [6, 6.07) is 3.78. The molecule has 0 fully saturated rings. The Kier molecular flexibility index (Phi) is 2.93. The van der Waals surface area contributed by atoms with Gasteiger partial charge in [-0.25, -0.2) is 0 Å². The Morgan fingerprint density at radius 2 is 2.06 bits per heavy atom. The zero-order chi connectivity index (χ0) is 11.7. The molecule has 0 radical (unpaired) electrons. The Balaban J connectivity index is 2.70. The van der Waals surface area contributed by atoms with E-state index < -0.39 is 0 Å². The lowest BCUT2D eigenvalue weighted by molar-refractivity contribution is 0.169. The van der Waals surface area contributed by atoms with E-state index in [9.17, 15) is 0 Å². The minimum atomic E-state index is 0.170. The average molecular weight is 238 g/mol. The second-order valence-electron chi connectivity index (χ2n) is 3.94. The lowest BCUT2D eigenvalue weighted by Gasteiger charge is -2.24. The van der Waals surface area contributed by atoms with Gasteiger partial charge in [-0.1, -0.05) is 25.4 Å². The maximum atomic E-state index is 9.12. The fourth-order valence-corrected chi connectivity index (χ4v) is 2.09. The molecule has 0 atom stereocenters. The Morgan fingerprint density at radius 1 is 1.38 bits per heavy atom. The summed E-state index contributed by atoms with van der Waals surface area (Å²) in [5.41, 5.74) is 1.32. The molecule has 0 saturated heterocycles. The van der Waals surface area contributed by atoms with E-state index in [-0.39, 0.29) is 5.92 Å². The molecular formula is C12H12ClNO2. The number of nitrogens with zero attached hydrogens (tertiary/aromatic N) is 1. The van der Waals surface area contributed by atoms with Crippen LogP contribution >= 0.6 is 11.6 Å². The van der Waals surface area contributed by atoms with Crippen molar-refractivity contribution in [1.82, 2.24) is 0 Å². The summed E-state index contributed by atoms with van der Waals surface area (Å²) in [5, 5.41) is 9.55. The van der Waals surface area contributed by atoms with Crippen LogP contribution in [-0.2, 0) is 0 Å². The molecular weight excluding hydrogens is 226 g/mol. The summed E-state index contributed by atoms with van der Waals surface area (Å²) in [5.74, 6) is 1.48. The van der Waals surface area contributed by atoms with Gasteiger partial charge in [-0.2, -0.15) is 5.26 Å². The third kappa shape index (κ3) is 1.70. The van der Waals surface area contributed by atoms with Crippen molar-refractivity contribution in [2.24, 2.45) is 0 Å². The number of benzene rings is 1. The van der Waals surface area contributed by atoms with Crippen LogP contribution in [0.1, 0.15) is 30.9 Å². The maximum Gasteiger partial charge on any atom is 0.166 e. The van der Waals surface area contributed by atoms with E-state index in [1.807, 2.05) is 13.8 Å². The summed E-state index contributed by atoms with van der Waals surface area (Å²) >= 11 is 6.05. The summed E-state index contributed by atoms with van der Waals surface area (Å²) in [6.07, 6.45) is 0. The molecule has 0 spiro atoms. The van der Waals surface area contributed by atoms with Crippen molar-refractivity contribution >= 4 is 11.6 Å². The van der Waals surface area contributed by atoms with Crippen LogP contribution in [0.15, 0.2) is 6.07 Å². The quantitative estimate of drug-likeness (QED) is 0.754. The van der Waals surface area contributed by atoms with Crippen molar-refractivity contribution in [1.29, 1.82) is 5.26 Å². The van der Waals surface area contributed by atoms with Crippen molar-refractivity contribution < 1.29 is 9.47 Å². The molecule has 1 heterocycles. The highest BCUT2D eigenvalue weighted by atomic mass is 35.5. The lowest BCUT2D eigenvalue weighted by atomic mass is 9.96. The van der Waals surface area contributed by atoms with Crippen LogP contribution in [-0.4, -0.2) is 13.2 Å². The molecule has 0 bridgehead atoms. The van der Waals surface area contributed by atoms with E-state index in [2.05, 4.69) is 6.07 Å². The highest BCUT2D eigenvalue weighted by Gasteiger charge is 2.24. The Labute approximate surface area is 99.5 Å². The number of rotatable bonds is 1. The summed E-state index contributed by atoms with van der Waals surface area (Å²) in [6.45, 7) is 5.04. The summed E-state index contributed by atoms with van der Waals surface area (Å²) < 4.78 is 11.1. The van der Waals surface area contributed by atoms with Crippen molar-refractivity contribution in [2.75, 3.05) is 13.2 Å². The molecule has 0 aromatic heterocycles. The van der Waals surface area contributed by atoms with Crippen molar-refractivity contribution in [3.05, 3.63) is 22.2 Å². The number of hydrogen-bond donors (Lipinski definition) is 0. The average Bonchev–Trinajstić information content (AvgIpc) is 2.26. The van der Waals surface area contributed by atoms with Gasteiger partial charge < -0.3 is 9.47 Å². The van der Waals surface area contributed by atoms with E-state index >= 15 is 0 Å². The van der Waals surface area contributed by atoms with Gasteiger partial charge in [-0.05, 0) is 5.92 Å². The Morgan fingerprint density at radius 3 is 2.69 bits per heavy atom. The van der Waals surface area contributed by atoms with Gasteiger partial charge in [0.1, 0.15) is 19.3 Å². The van der Waals surface area contributed by atoms with Gasteiger partial charge in [-0.3, -0.25) is 0 Å². The van der Waals surface area contributed by atoms with Crippen LogP contribution in [0.2, 0.25) is 5.02 Å². The first kappa shape index (κ1) is 11.1. The molecule has 0 N–H and O–H groups in total. The number of hydrogen-bond acceptors (Lipinski definition) is 3. The van der Waals surface area contributed by atoms with E-state index in [0.29, 0.717) is 35.3 Å². The van der Waals surface area contributed by atoms with Crippen LogP contribution < -0.4 is 9.47 Å². The van der Waals surface area contributed by atoms with Crippen LogP contribution in [0.5, 0.6) is 11.5 Å². The van der Waals surface area contributed by atoms with Gasteiger partial charge in [0.15, 0.2) is 11.5 Å². The number of ether oxygens (including phenoxy) is 2. The van der Waals surface area contributed by atoms with Crippen molar-refractivity contribution in [3.63, 3.8) is 0 Å². The molecule has 4 heteroatoms. The lowest BCUT2D eigenvalue weighted by Crippen LogP contribution is -2.17. The Hall–Kier alpha value is -1.40. The third-order valence-electron chi connectivity index (χ3n) is 2.51. The predicted octanol–water partition coefficient (Wildman–Crippen LogP) is 3.11. The number of halogens is 1. The first-order valence-corrected chi connectivity index (χ1v) is 5.55. The maximum absolute atomic E-state index is 9.12. The second-order valence-corrected chi connectivity index (χ2v) is 4.34. The SMILES string of the molecule is CC(C)c1c(C#N)c(Cl)cc2c1OCCO2. The standard InChI is InChI=1S/C12H12ClNO2/c1-7(2)11-8(6-14)9(13)5-10-12(11)16-4-3-15-10/h5,7H,3-4H2,1-2H3. The zero-order valence-electron chi connectivity index (χ0n) is 9.21. The number of fused-ring (bicyclic) bond motifs is 1.